The van der Waals surface area contributed by atoms with E-state index in [0.29, 0.717) is 31.9 Å². The molecule has 0 atom stereocenters. The molecule has 2 aromatic rings. The highest BCUT2D eigenvalue weighted by molar-refractivity contribution is 5.96. The summed E-state index contributed by atoms with van der Waals surface area (Å²) in [5.41, 5.74) is 0.640. The van der Waals surface area contributed by atoms with Gasteiger partial charge in [-0.05, 0) is 37.1 Å². The molecule has 1 saturated heterocycles. The van der Waals surface area contributed by atoms with E-state index in [1.165, 1.54) is 12.3 Å². The van der Waals surface area contributed by atoms with Crippen LogP contribution in [0.2, 0.25) is 0 Å². The third kappa shape index (κ3) is 3.68. The monoisotopic (exact) mass is 384 g/mol. The number of rotatable bonds is 5. The maximum atomic E-state index is 12.4. The van der Waals surface area contributed by atoms with Crippen LogP contribution in [0.25, 0.3) is 0 Å². The number of anilines is 1. The third-order valence-corrected chi connectivity index (χ3v) is 4.99. The average Bonchev–Trinajstić information content (AvgIpc) is 3.35. The van der Waals surface area contributed by atoms with Crippen molar-refractivity contribution < 1.29 is 18.9 Å². The lowest BCUT2D eigenvalue weighted by Crippen LogP contribution is -2.48. The fraction of sp³-hybridized carbons (Fsp3) is 0.368. The molecule has 1 N–H and O–H groups in total. The van der Waals surface area contributed by atoms with Crippen LogP contribution in [0.1, 0.15) is 33.8 Å². The minimum atomic E-state index is -0.469. The molecule has 4 rings (SSSR count). The van der Waals surface area contributed by atoms with Gasteiger partial charge >= 0.3 is 0 Å². The molecule has 1 aliphatic heterocycles. The average molecular weight is 384 g/mol. The molecule has 0 radical (unpaired) electrons. The molecule has 1 saturated carbocycles. The van der Waals surface area contributed by atoms with Crippen molar-refractivity contribution in [2.75, 3.05) is 31.1 Å². The molecule has 0 unspecified atom stereocenters. The van der Waals surface area contributed by atoms with E-state index in [9.17, 15) is 19.7 Å². The van der Waals surface area contributed by atoms with Crippen molar-refractivity contribution in [1.82, 2.24) is 10.2 Å². The minimum Gasteiger partial charge on any atom is -0.459 e. The number of carbonyl (C=O) groups excluding carboxylic acids is 2. The topological polar surface area (TPSA) is 109 Å². The predicted molar refractivity (Wildman–Crippen MR) is 100 cm³/mol. The highest BCUT2D eigenvalue weighted by Crippen LogP contribution is 2.30. The molecule has 146 valence electrons. The maximum Gasteiger partial charge on any atom is 0.293 e. The van der Waals surface area contributed by atoms with Gasteiger partial charge in [-0.1, -0.05) is 0 Å². The van der Waals surface area contributed by atoms with Crippen LogP contribution in [0.4, 0.5) is 11.4 Å². The lowest BCUT2D eigenvalue weighted by Gasteiger charge is -2.35. The van der Waals surface area contributed by atoms with E-state index in [-0.39, 0.29) is 34.9 Å². The minimum absolute atomic E-state index is 0.103. The summed E-state index contributed by atoms with van der Waals surface area (Å²) in [5.74, 6) is -0.192. The van der Waals surface area contributed by atoms with Gasteiger partial charge in [0, 0.05) is 43.9 Å². The predicted octanol–water partition coefficient (Wildman–Crippen LogP) is 2.04. The van der Waals surface area contributed by atoms with Crippen LogP contribution in [0.3, 0.4) is 0 Å². The van der Waals surface area contributed by atoms with Crippen LogP contribution in [0.5, 0.6) is 0 Å². The number of amides is 2. The van der Waals surface area contributed by atoms with Gasteiger partial charge in [0.1, 0.15) is 5.69 Å². The van der Waals surface area contributed by atoms with E-state index in [2.05, 4.69) is 5.32 Å². The van der Waals surface area contributed by atoms with Crippen molar-refractivity contribution in [2.45, 2.75) is 18.9 Å². The molecule has 1 aromatic heterocycles. The fourth-order valence-corrected chi connectivity index (χ4v) is 3.28. The van der Waals surface area contributed by atoms with E-state index in [0.717, 1.165) is 12.8 Å². The van der Waals surface area contributed by atoms with Crippen LogP contribution in [-0.4, -0.2) is 53.9 Å². The Balaban J connectivity index is 1.47. The van der Waals surface area contributed by atoms with Crippen molar-refractivity contribution in [2.24, 2.45) is 0 Å². The highest BCUT2D eigenvalue weighted by atomic mass is 16.6. The maximum absolute atomic E-state index is 12.4. The number of nitro groups is 1. The molecule has 2 fully saturated rings. The number of hydrogen-bond acceptors (Lipinski definition) is 6. The van der Waals surface area contributed by atoms with Gasteiger partial charge in [0.25, 0.3) is 17.5 Å². The normalized spacial score (nSPS) is 16.7. The van der Waals surface area contributed by atoms with Crippen molar-refractivity contribution in [3.63, 3.8) is 0 Å². The van der Waals surface area contributed by atoms with Crippen molar-refractivity contribution in [1.29, 1.82) is 0 Å². The highest BCUT2D eigenvalue weighted by Gasteiger charge is 2.29. The Labute approximate surface area is 161 Å². The zero-order chi connectivity index (χ0) is 19.7. The van der Waals surface area contributed by atoms with Gasteiger partial charge in [0.05, 0.1) is 11.2 Å². The van der Waals surface area contributed by atoms with Crippen molar-refractivity contribution >= 4 is 23.2 Å². The zero-order valence-electron chi connectivity index (χ0n) is 15.2. The van der Waals surface area contributed by atoms with Crippen molar-refractivity contribution in [3.05, 3.63) is 58.0 Å². The molecule has 2 amide bonds. The summed E-state index contributed by atoms with van der Waals surface area (Å²) >= 11 is 0. The summed E-state index contributed by atoms with van der Waals surface area (Å²) in [7, 11) is 0. The number of nitrogens with zero attached hydrogens (tertiary/aromatic N) is 3. The summed E-state index contributed by atoms with van der Waals surface area (Å²) in [4.78, 5) is 39.2. The number of carbonyl (C=O) groups is 2. The number of nitro benzene ring substituents is 1. The summed E-state index contributed by atoms with van der Waals surface area (Å²) in [6.45, 7) is 1.78. The Morgan fingerprint density at radius 3 is 2.50 bits per heavy atom. The van der Waals surface area contributed by atoms with Gasteiger partial charge in [-0.15, -0.1) is 0 Å². The number of nitrogens with one attached hydrogen (secondary N) is 1. The number of piperazine rings is 1. The molecule has 1 aromatic carbocycles. The molecule has 0 bridgehead atoms. The first-order chi connectivity index (χ1) is 13.5. The Morgan fingerprint density at radius 1 is 1.14 bits per heavy atom. The van der Waals surface area contributed by atoms with Crippen LogP contribution < -0.4 is 10.2 Å². The van der Waals surface area contributed by atoms with E-state index < -0.39 is 4.92 Å². The molecule has 9 heteroatoms. The molecule has 0 spiro atoms. The summed E-state index contributed by atoms with van der Waals surface area (Å²) in [6.07, 6.45) is 3.35. The second-order valence-electron chi connectivity index (χ2n) is 6.96. The number of benzene rings is 1. The zero-order valence-corrected chi connectivity index (χ0v) is 15.2. The SMILES string of the molecule is O=C(NC1CC1)c1ccc(N2CCN(C(=O)c3ccco3)CC2)c([N+](=O)[O-])c1. The van der Waals surface area contributed by atoms with Crippen LogP contribution in [-0.2, 0) is 0 Å². The first kappa shape index (κ1) is 18.0. The molecular formula is C19H20N4O5. The Morgan fingerprint density at radius 2 is 1.89 bits per heavy atom. The third-order valence-electron chi connectivity index (χ3n) is 4.99. The van der Waals surface area contributed by atoms with Gasteiger partial charge in [-0.3, -0.25) is 19.7 Å². The number of furan rings is 1. The van der Waals surface area contributed by atoms with Crippen LogP contribution >= 0.6 is 0 Å². The Bertz CT molecular complexity index is 899. The second-order valence-corrected chi connectivity index (χ2v) is 6.96. The summed E-state index contributed by atoms with van der Waals surface area (Å²) < 4.78 is 5.15. The van der Waals surface area contributed by atoms with Crippen molar-refractivity contribution in [3.8, 4) is 0 Å². The molecule has 2 aliphatic rings. The van der Waals surface area contributed by atoms with E-state index in [4.69, 9.17) is 4.42 Å². The number of hydrogen-bond donors (Lipinski definition) is 1. The first-order valence-corrected chi connectivity index (χ1v) is 9.20. The summed E-state index contributed by atoms with van der Waals surface area (Å²) in [5, 5.41) is 14.4. The standard InChI is InChI=1S/C19H20N4O5/c24-18(20-14-4-5-14)13-3-6-15(16(12-13)23(26)27)21-7-9-22(10-8-21)19(25)17-2-1-11-28-17/h1-3,6,11-12,14H,4-5,7-10H2,(H,20,24). The first-order valence-electron chi connectivity index (χ1n) is 9.20. The quantitative estimate of drug-likeness (QED) is 0.624. The second kappa shape index (κ2) is 7.34. The smallest absolute Gasteiger partial charge is 0.293 e. The fourth-order valence-electron chi connectivity index (χ4n) is 3.28. The van der Waals surface area contributed by atoms with Crippen LogP contribution in [0, 0.1) is 10.1 Å². The van der Waals surface area contributed by atoms with Gasteiger partial charge in [-0.2, -0.15) is 0 Å². The van der Waals surface area contributed by atoms with Gasteiger partial charge in [-0.25, -0.2) is 0 Å². The van der Waals surface area contributed by atoms with Crippen LogP contribution in [0.15, 0.2) is 41.0 Å². The van der Waals surface area contributed by atoms with E-state index in [1.807, 2.05) is 4.90 Å². The Hall–Kier alpha value is -3.36. The van der Waals surface area contributed by atoms with E-state index >= 15 is 0 Å². The largest absolute Gasteiger partial charge is 0.459 e. The van der Waals surface area contributed by atoms with Gasteiger partial charge < -0.3 is 19.5 Å². The molecule has 1 aliphatic carbocycles. The molecular weight excluding hydrogens is 364 g/mol. The van der Waals surface area contributed by atoms with Gasteiger partial charge in [0.2, 0.25) is 0 Å². The van der Waals surface area contributed by atoms with Gasteiger partial charge in [0.15, 0.2) is 5.76 Å². The lowest BCUT2D eigenvalue weighted by molar-refractivity contribution is -0.384. The molecule has 28 heavy (non-hydrogen) atoms. The lowest BCUT2D eigenvalue weighted by atomic mass is 10.1. The molecule has 2 heterocycles. The van der Waals surface area contributed by atoms with E-state index in [1.54, 1.807) is 29.2 Å². The summed E-state index contributed by atoms with van der Waals surface area (Å²) in [6, 6.07) is 8.02. The Kier molecular flexibility index (Phi) is 4.72. The molecule has 9 nitrogen and oxygen atoms in total.